The third kappa shape index (κ3) is 4.05. The number of fused-ring (bicyclic) bond motifs is 1. The molecule has 1 fully saturated rings. The standard InChI is InChI=1S/C18H25N4O4/c1-18(2,3)26-17(23)20-12-6-5-9-21(11-12)16-13-7-4-8-14(13)19-10-15(16)22(24)25/h8,10,12H,4-7,9,11H2,1-3H3,(H,20,23)/t12-/m0/s1. The molecule has 0 spiro atoms. The number of anilines is 1. The van der Waals surface area contributed by atoms with Crippen molar-refractivity contribution in [3.8, 4) is 0 Å². The van der Waals surface area contributed by atoms with Crippen molar-refractivity contribution in [3.05, 3.63) is 34.0 Å². The lowest BCUT2D eigenvalue weighted by atomic mass is 10.0. The van der Waals surface area contributed by atoms with E-state index in [1.807, 2.05) is 32.1 Å². The number of amides is 1. The number of nitrogens with one attached hydrogen (secondary N) is 1. The molecule has 26 heavy (non-hydrogen) atoms. The predicted molar refractivity (Wildman–Crippen MR) is 97.2 cm³/mol. The molecule has 1 aromatic rings. The molecular weight excluding hydrogens is 336 g/mol. The van der Waals surface area contributed by atoms with Crippen LogP contribution >= 0.6 is 0 Å². The number of alkyl carbamates (subject to hydrolysis) is 1. The number of rotatable bonds is 3. The summed E-state index contributed by atoms with van der Waals surface area (Å²) in [5.74, 6) is 0. The first kappa shape index (κ1) is 18.4. The van der Waals surface area contributed by atoms with E-state index in [1.165, 1.54) is 6.20 Å². The van der Waals surface area contributed by atoms with Gasteiger partial charge in [0.05, 0.1) is 4.92 Å². The predicted octanol–water partition coefficient (Wildman–Crippen LogP) is 2.98. The van der Waals surface area contributed by atoms with Crippen molar-refractivity contribution < 1.29 is 14.5 Å². The summed E-state index contributed by atoms with van der Waals surface area (Å²) in [5.41, 5.74) is 1.92. The van der Waals surface area contributed by atoms with Gasteiger partial charge in [-0.2, -0.15) is 0 Å². The summed E-state index contributed by atoms with van der Waals surface area (Å²) >= 11 is 0. The maximum atomic E-state index is 12.1. The molecule has 2 heterocycles. The molecule has 1 aliphatic heterocycles. The van der Waals surface area contributed by atoms with E-state index < -0.39 is 11.7 Å². The maximum Gasteiger partial charge on any atom is 0.407 e. The summed E-state index contributed by atoms with van der Waals surface area (Å²) < 4.78 is 5.33. The second kappa shape index (κ2) is 7.09. The number of aromatic nitrogens is 1. The molecular formula is C18H25N4O4. The molecule has 8 heteroatoms. The van der Waals surface area contributed by atoms with Crippen LogP contribution in [0.5, 0.6) is 0 Å². The van der Waals surface area contributed by atoms with Crippen LogP contribution in [0.3, 0.4) is 0 Å². The number of ether oxygens (including phenoxy) is 1. The Kier molecular flexibility index (Phi) is 5.02. The van der Waals surface area contributed by atoms with E-state index in [4.69, 9.17) is 4.74 Å². The third-order valence-electron chi connectivity index (χ3n) is 4.55. The van der Waals surface area contributed by atoms with E-state index in [0.717, 1.165) is 43.5 Å². The lowest BCUT2D eigenvalue weighted by Crippen LogP contribution is -2.49. The normalized spacial score (nSPS) is 19.8. The average molecular weight is 361 g/mol. The lowest BCUT2D eigenvalue weighted by Gasteiger charge is -2.35. The monoisotopic (exact) mass is 361 g/mol. The molecule has 0 unspecified atom stereocenters. The van der Waals surface area contributed by atoms with Crippen LogP contribution in [0.25, 0.3) is 0 Å². The van der Waals surface area contributed by atoms with Gasteiger partial charge in [-0.1, -0.05) is 0 Å². The Bertz CT molecular complexity index is 714. The maximum absolute atomic E-state index is 12.1. The fraction of sp³-hybridized carbons (Fsp3) is 0.611. The Morgan fingerprint density at radius 2 is 2.23 bits per heavy atom. The zero-order valence-corrected chi connectivity index (χ0v) is 15.4. The van der Waals surface area contributed by atoms with Crippen LogP contribution in [0.2, 0.25) is 0 Å². The van der Waals surface area contributed by atoms with Crippen molar-refractivity contribution in [2.75, 3.05) is 18.0 Å². The van der Waals surface area contributed by atoms with Crippen molar-refractivity contribution in [2.24, 2.45) is 0 Å². The fourth-order valence-electron chi connectivity index (χ4n) is 3.58. The van der Waals surface area contributed by atoms with Crippen LogP contribution in [-0.2, 0) is 11.2 Å². The van der Waals surface area contributed by atoms with E-state index in [2.05, 4.69) is 10.3 Å². The first-order valence-corrected chi connectivity index (χ1v) is 8.98. The van der Waals surface area contributed by atoms with Gasteiger partial charge in [0.15, 0.2) is 0 Å². The van der Waals surface area contributed by atoms with Gasteiger partial charge < -0.3 is 15.0 Å². The summed E-state index contributed by atoms with van der Waals surface area (Å²) in [6.45, 7) is 6.71. The molecule has 0 aromatic carbocycles. The Morgan fingerprint density at radius 3 is 2.92 bits per heavy atom. The Balaban J connectivity index is 1.79. The topological polar surface area (TPSA) is 97.6 Å². The summed E-state index contributed by atoms with van der Waals surface area (Å²) in [4.78, 5) is 29.5. The van der Waals surface area contributed by atoms with Crippen molar-refractivity contribution in [1.29, 1.82) is 0 Å². The number of carbonyl (C=O) groups excluding carboxylic acids is 1. The number of pyridine rings is 1. The van der Waals surface area contributed by atoms with Crippen LogP contribution in [0, 0.1) is 16.5 Å². The van der Waals surface area contributed by atoms with Gasteiger partial charge in [0, 0.05) is 36.8 Å². The van der Waals surface area contributed by atoms with Crippen LogP contribution < -0.4 is 10.2 Å². The van der Waals surface area contributed by atoms with Gasteiger partial charge in [-0.25, -0.2) is 4.79 Å². The van der Waals surface area contributed by atoms with Crippen LogP contribution in [0.15, 0.2) is 6.20 Å². The Hall–Kier alpha value is -2.38. The largest absolute Gasteiger partial charge is 0.444 e. The van der Waals surface area contributed by atoms with Crippen LogP contribution in [0.1, 0.15) is 51.3 Å². The molecule has 0 saturated carbocycles. The van der Waals surface area contributed by atoms with Crippen molar-refractivity contribution >= 4 is 17.5 Å². The number of hydrogen-bond donors (Lipinski definition) is 1. The highest BCUT2D eigenvalue weighted by Gasteiger charge is 2.32. The average Bonchev–Trinajstić information content (AvgIpc) is 3.00. The zero-order chi connectivity index (χ0) is 18.9. The van der Waals surface area contributed by atoms with E-state index >= 15 is 0 Å². The molecule has 3 rings (SSSR count). The molecule has 1 saturated heterocycles. The van der Waals surface area contributed by atoms with Crippen molar-refractivity contribution in [1.82, 2.24) is 10.3 Å². The molecule has 1 aliphatic carbocycles. The Labute approximate surface area is 153 Å². The second-order valence-electron chi connectivity index (χ2n) is 7.79. The van der Waals surface area contributed by atoms with Gasteiger partial charge in [0.1, 0.15) is 17.5 Å². The molecule has 1 aromatic heterocycles. The van der Waals surface area contributed by atoms with Gasteiger partial charge in [0.25, 0.3) is 0 Å². The minimum atomic E-state index is -0.557. The van der Waals surface area contributed by atoms with Gasteiger partial charge >= 0.3 is 11.8 Å². The summed E-state index contributed by atoms with van der Waals surface area (Å²) in [5, 5.41) is 14.4. The second-order valence-corrected chi connectivity index (χ2v) is 7.79. The van der Waals surface area contributed by atoms with Gasteiger partial charge in [-0.3, -0.25) is 15.1 Å². The molecule has 1 atom stereocenters. The molecule has 1 amide bonds. The molecule has 141 valence electrons. The fourth-order valence-corrected chi connectivity index (χ4v) is 3.58. The highest BCUT2D eigenvalue weighted by Crippen LogP contribution is 2.39. The van der Waals surface area contributed by atoms with E-state index in [-0.39, 0.29) is 16.7 Å². The first-order chi connectivity index (χ1) is 12.2. The van der Waals surface area contributed by atoms with E-state index in [0.29, 0.717) is 12.2 Å². The lowest BCUT2D eigenvalue weighted by molar-refractivity contribution is -0.384. The molecule has 2 aliphatic rings. The van der Waals surface area contributed by atoms with Crippen LogP contribution in [-0.4, -0.2) is 40.7 Å². The molecule has 1 radical (unpaired) electrons. The highest BCUT2D eigenvalue weighted by molar-refractivity contribution is 5.71. The van der Waals surface area contributed by atoms with Crippen molar-refractivity contribution in [2.45, 2.75) is 58.1 Å². The van der Waals surface area contributed by atoms with E-state index in [9.17, 15) is 14.9 Å². The minimum Gasteiger partial charge on any atom is -0.444 e. The van der Waals surface area contributed by atoms with Gasteiger partial charge in [0.2, 0.25) is 0 Å². The quantitative estimate of drug-likeness (QED) is 0.656. The number of nitrogens with zero attached hydrogens (tertiary/aromatic N) is 3. The first-order valence-electron chi connectivity index (χ1n) is 8.98. The number of carbonyl (C=O) groups is 1. The minimum absolute atomic E-state index is 0.0389. The van der Waals surface area contributed by atoms with E-state index in [1.54, 1.807) is 0 Å². The van der Waals surface area contributed by atoms with Crippen LogP contribution in [0.4, 0.5) is 16.2 Å². The third-order valence-corrected chi connectivity index (χ3v) is 4.55. The SMILES string of the molecule is CC(C)(C)OC(=O)N[C@H]1CCCN(c2c([N+](=O)[O-])cnc3c2CC[CH]3)C1. The highest BCUT2D eigenvalue weighted by atomic mass is 16.6. The summed E-state index contributed by atoms with van der Waals surface area (Å²) in [6.07, 6.45) is 6.20. The number of nitro groups is 1. The number of hydrogen-bond acceptors (Lipinski definition) is 6. The molecule has 1 N–H and O–H groups in total. The van der Waals surface area contributed by atoms with Gasteiger partial charge in [-0.05, 0) is 46.5 Å². The summed E-state index contributed by atoms with van der Waals surface area (Å²) in [7, 11) is 0. The van der Waals surface area contributed by atoms with Crippen molar-refractivity contribution in [3.63, 3.8) is 0 Å². The molecule has 0 bridgehead atoms. The number of piperidine rings is 1. The Morgan fingerprint density at radius 1 is 1.46 bits per heavy atom. The van der Waals surface area contributed by atoms with Gasteiger partial charge in [-0.15, -0.1) is 0 Å². The summed E-state index contributed by atoms with van der Waals surface area (Å²) in [6, 6.07) is -0.104. The molecule has 8 nitrogen and oxygen atoms in total. The smallest absolute Gasteiger partial charge is 0.407 e. The zero-order valence-electron chi connectivity index (χ0n) is 15.4.